The van der Waals surface area contributed by atoms with Crippen LogP contribution in [0.15, 0.2) is 12.1 Å². The van der Waals surface area contributed by atoms with Gasteiger partial charge in [-0.25, -0.2) is 8.42 Å². The van der Waals surface area contributed by atoms with Crippen molar-refractivity contribution in [2.75, 3.05) is 18.6 Å². The molecule has 1 aromatic rings. The minimum absolute atomic E-state index is 0.106. The highest BCUT2D eigenvalue weighted by atomic mass is 35.5. The molecule has 0 aromatic carbocycles. The summed E-state index contributed by atoms with van der Waals surface area (Å²) in [5.41, 5.74) is 0. The van der Waals surface area contributed by atoms with Gasteiger partial charge in [0.05, 0.1) is 15.8 Å². The van der Waals surface area contributed by atoms with E-state index in [9.17, 15) is 8.42 Å². The van der Waals surface area contributed by atoms with Crippen LogP contribution < -0.4 is 5.32 Å². The maximum atomic E-state index is 11.4. The molecule has 1 N–H and O–H groups in total. The van der Waals surface area contributed by atoms with Gasteiger partial charge in [0.2, 0.25) is 0 Å². The summed E-state index contributed by atoms with van der Waals surface area (Å²) < 4.78 is 23.6. The van der Waals surface area contributed by atoms with Crippen molar-refractivity contribution in [1.82, 2.24) is 5.32 Å². The van der Waals surface area contributed by atoms with Gasteiger partial charge in [-0.1, -0.05) is 11.6 Å². The van der Waals surface area contributed by atoms with Crippen LogP contribution in [0, 0.1) is 5.92 Å². The van der Waals surface area contributed by atoms with E-state index in [1.165, 1.54) is 11.3 Å². The minimum atomic E-state index is -2.82. The van der Waals surface area contributed by atoms with Gasteiger partial charge in [0.25, 0.3) is 0 Å². The molecule has 2 rings (SSSR count). The van der Waals surface area contributed by atoms with Crippen molar-refractivity contribution in [3.8, 4) is 0 Å². The Morgan fingerprint density at radius 3 is 2.75 bits per heavy atom. The molecule has 0 aliphatic carbocycles. The van der Waals surface area contributed by atoms with Crippen LogP contribution in [0.4, 0.5) is 0 Å². The lowest BCUT2D eigenvalue weighted by Crippen LogP contribution is -2.25. The molecule has 2 atom stereocenters. The van der Waals surface area contributed by atoms with E-state index in [-0.39, 0.29) is 17.7 Å². The number of rotatable bonds is 3. The topological polar surface area (TPSA) is 46.2 Å². The fourth-order valence-corrected chi connectivity index (χ4v) is 5.30. The van der Waals surface area contributed by atoms with Crippen molar-refractivity contribution in [2.24, 2.45) is 5.92 Å². The van der Waals surface area contributed by atoms with Crippen LogP contribution in [0.25, 0.3) is 0 Å². The zero-order chi connectivity index (χ0) is 11.8. The van der Waals surface area contributed by atoms with E-state index in [1.807, 2.05) is 19.2 Å². The Kier molecular flexibility index (Phi) is 3.59. The van der Waals surface area contributed by atoms with Gasteiger partial charge in [-0.15, -0.1) is 11.3 Å². The molecule has 0 amide bonds. The largest absolute Gasteiger partial charge is 0.312 e. The van der Waals surface area contributed by atoms with Crippen LogP contribution in [-0.4, -0.2) is 27.0 Å². The van der Waals surface area contributed by atoms with E-state index in [1.54, 1.807) is 0 Å². The average Bonchev–Trinajstić information content (AvgIpc) is 2.75. The summed E-state index contributed by atoms with van der Waals surface area (Å²) in [6.45, 7) is 0. The second kappa shape index (κ2) is 4.64. The summed E-state index contributed by atoms with van der Waals surface area (Å²) in [6.07, 6.45) is 0.739. The number of thiophene rings is 1. The monoisotopic (exact) mass is 279 g/mol. The molecule has 0 bridgehead atoms. The summed E-state index contributed by atoms with van der Waals surface area (Å²) in [6, 6.07) is 3.93. The molecule has 0 radical (unpaired) electrons. The first-order chi connectivity index (χ1) is 7.52. The lowest BCUT2D eigenvalue weighted by atomic mass is 9.98. The Labute approximate surface area is 105 Å². The fourth-order valence-electron chi connectivity index (χ4n) is 2.19. The smallest absolute Gasteiger partial charge is 0.150 e. The van der Waals surface area contributed by atoms with Crippen LogP contribution in [0.5, 0.6) is 0 Å². The highest BCUT2D eigenvalue weighted by Crippen LogP contribution is 2.35. The van der Waals surface area contributed by atoms with Crippen LogP contribution in [0.3, 0.4) is 0 Å². The molecule has 1 fully saturated rings. The molecular weight excluding hydrogens is 266 g/mol. The molecule has 6 heteroatoms. The van der Waals surface area contributed by atoms with E-state index in [0.717, 1.165) is 15.6 Å². The summed E-state index contributed by atoms with van der Waals surface area (Å²) in [4.78, 5) is 1.12. The molecular formula is C10H14ClNO2S2. The molecule has 2 heterocycles. The Bertz CT molecular complexity index is 469. The molecule has 1 aromatic heterocycles. The van der Waals surface area contributed by atoms with Crippen molar-refractivity contribution >= 4 is 32.8 Å². The first-order valence-electron chi connectivity index (χ1n) is 5.15. The number of hydrogen-bond acceptors (Lipinski definition) is 4. The van der Waals surface area contributed by atoms with Crippen molar-refractivity contribution in [3.05, 3.63) is 21.3 Å². The lowest BCUT2D eigenvalue weighted by Gasteiger charge is -2.20. The zero-order valence-electron chi connectivity index (χ0n) is 8.94. The number of nitrogens with one attached hydrogen (secondary N) is 1. The molecule has 0 spiro atoms. The summed E-state index contributed by atoms with van der Waals surface area (Å²) >= 11 is 7.41. The molecule has 1 aliphatic rings. The van der Waals surface area contributed by atoms with E-state index in [4.69, 9.17) is 11.6 Å². The highest BCUT2D eigenvalue weighted by molar-refractivity contribution is 7.91. The first-order valence-corrected chi connectivity index (χ1v) is 8.16. The van der Waals surface area contributed by atoms with Gasteiger partial charge in [0.15, 0.2) is 9.84 Å². The SMILES string of the molecule is CNC(c1ccc(Cl)s1)C1CCS(=O)(=O)C1. The van der Waals surface area contributed by atoms with Gasteiger partial charge in [0.1, 0.15) is 0 Å². The van der Waals surface area contributed by atoms with Crippen LogP contribution >= 0.6 is 22.9 Å². The predicted octanol–water partition coefficient (Wildman–Crippen LogP) is 2.10. The van der Waals surface area contributed by atoms with Gasteiger partial charge < -0.3 is 5.32 Å². The summed E-state index contributed by atoms with van der Waals surface area (Å²) in [5.74, 6) is 0.771. The molecule has 1 aliphatic heterocycles. The van der Waals surface area contributed by atoms with Crippen LogP contribution in [-0.2, 0) is 9.84 Å². The van der Waals surface area contributed by atoms with Gasteiger partial charge >= 0.3 is 0 Å². The minimum Gasteiger partial charge on any atom is -0.312 e. The van der Waals surface area contributed by atoms with Crippen molar-refractivity contribution in [2.45, 2.75) is 12.5 Å². The molecule has 1 saturated heterocycles. The van der Waals surface area contributed by atoms with Crippen molar-refractivity contribution in [1.29, 1.82) is 0 Å². The van der Waals surface area contributed by atoms with E-state index in [2.05, 4.69) is 5.32 Å². The number of hydrogen-bond donors (Lipinski definition) is 1. The molecule has 16 heavy (non-hydrogen) atoms. The summed E-state index contributed by atoms with van der Waals surface area (Å²) in [5, 5.41) is 3.20. The fraction of sp³-hybridized carbons (Fsp3) is 0.600. The Balaban J connectivity index is 2.18. The van der Waals surface area contributed by atoms with Crippen LogP contribution in [0.1, 0.15) is 17.3 Å². The third kappa shape index (κ3) is 2.59. The number of halogens is 1. The van der Waals surface area contributed by atoms with Gasteiger partial charge in [-0.05, 0) is 31.5 Å². The van der Waals surface area contributed by atoms with Crippen LogP contribution in [0.2, 0.25) is 4.34 Å². The molecule has 3 nitrogen and oxygen atoms in total. The Morgan fingerprint density at radius 1 is 1.56 bits per heavy atom. The first kappa shape index (κ1) is 12.4. The van der Waals surface area contributed by atoms with Gasteiger partial charge in [0, 0.05) is 10.9 Å². The second-order valence-corrected chi connectivity index (χ2v) is 8.05. The van der Waals surface area contributed by atoms with E-state index in [0.29, 0.717) is 5.75 Å². The Hall–Kier alpha value is -0.100. The Morgan fingerprint density at radius 2 is 2.31 bits per heavy atom. The lowest BCUT2D eigenvalue weighted by molar-refractivity contribution is 0.424. The predicted molar refractivity (Wildman–Crippen MR) is 67.9 cm³/mol. The maximum Gasteiger partial charge on any atom is 0.150 e. The van der Waals surface area contributed by atoms with Crippen molar-refractivity contribution in [3.63, 3.8) is 0 Å². The van der Waals surface area contributed by atoms with E-state index < -0.39 is 9.84 Å². The number of sulfone groups is 1. The second-order valence-electron chi connectivity index (χ2n) is 4.07. The normalized spacial score (nSPS) is 25.8. The molecule has 90 valence electrons. The maximum absolute atomic E-state index is 11.4. The molecule has 0 saturated carbocycles. The standard InChI is InChI=1S/C10H14ClNO2S2/c1-12-10(8-2-3-9(11)15-8)7-4-5-16(13,14)6-7/h2-3,7,10,12H,4-6H2,1H3. The van der Waals surface area contributed by atoms with Gasteiger partial charge in [-0.3, -0.25) is 0 Å². The van der Waals surface area contributed by atoms with E-state index >= 15 is 0 Å². The average molecular weight is 280 g/mol. The zero-order valence-corrected chi connectivity index (χ0v) is 11.3. The summed E-state index contributed by atoms with van der Waals surface area (Å²) in [7, 11) is -0.956. The van der Waals surface area contributed by atoms with Crippen molar-refractivity contribution < 1.29 is 8.42 Å². The van der Waals surface area contributed by atoms with Gasteiger partial charge in [-0.2, -0.15) is 0 Å². The molecule has 2 unspecified atom stereocenters. The quantitative estimate of drug-likeness (QED) is 0.922. The highest BCUT2D eigenvalue weighted by Gasteiger charge is 2.34. The third-order valence-electron chi connectivity index (χ3n) is 2.95. The third-order valence-corrected chi connectivity index (χ3v) is 6.06.